The SMILES string of the molecule is C[C@H](NC(=O)N1CCCN(Cc2cccs2)CC1)c1ccccn1. The van der Waals surface area contributed by atoms with Gasteiger partial charge in [0.1, 0.15) is 0 Å². The number of carbonyl (C=O) groups is 1. The second-order valence-electron chi connectivity index (χ2n) is 6.12. The molecule has 24 heavy (non-hydrogen) atoms. The van der Waals surface area contributed by atoms with E-state index in [9.17, 15) is 4.79 Å². The van der Waals surface area contributed by atoms with Gasteiger partial charge in [-0.15, -0.1) is 11.3 Å². The fraction of sp³-hybridized carbons (Fsp3) is 0.444. The Bertz CT molecular complexity index is 632. The number of urea groups is 1. The molecule has 2 aromatic rings. The van der Waals surface area contributed by atoms with E-state index in [2.05, 4.69) is 32.7 Å². The van der Waals surface area contributed by atoms with Gasteiger partial charge in [0.2, 0.25) is 0 Å². The van der Waals surface area contributed by atoms with E-state index in [0.717, 1.165) is 44.8 Å². The van der Waals surface area contributed by atoms with E-state index in [-0.39, 0.29) is 12.1 Å². The maximum atomic E-state index is 12.5. The third-order valence-electron chi connectivity index (χ3n) is 4.31. The van der Waals surface area contributed by atoms with Gasteiger partial charge in [0, 0.05) is 43.8 Å². The first-order valence-corrected chi connectivity index (χ1v) is 9.31. The third kappa shape index (κ3) is 4.55. The van der Waals surface area contributed by atoms with E-state index in [1.54, 1.807) is 17.5 Å². The van der Waals surface area contributed by atoms with E-state index >= 15 is 0 Å². The van der Waals surface area contributed by atoms with Crippen LogP contribution in [-0.2, 0) is 6.54 Å². The molecule has 1 aliphatic rings. The minimum Gasteiger partial charge on any atom is -0.330 e. The normalized spacial score (nSPS) is 17.3. The Hall–Kier alpha value is -1.92. The lowest BCUT2D eigenvalue weighted by Gasteiger charge is -2.24. The second kappa shape index (κ2) is 8.26. The zero-order valence-corrected chi connectivity index (χ0v) is 14.8. The van der Waals surface area contributed by atoms with Crippen molar-refractivity contribution in [1.29, 1.82) is 0 Å². The Morgan fingerprint density at radius 1 is 1.25 bits per heavy atom. The van der Waals surface area contributed by atoms with Gasteiger partial charge in [0.25, 0.3) is 0 Å². The van der Waals surface area contributed by atoms with Gasteiger partial charge >= 0.3 is 6.03 Å². The quantitative estimate of drug-likeness (QED) is 0.927. The molecule has 3 heterocycles. The zero-order valence-electron chi connectivity index (χ0n) is 14.0. The van der Waals surface area contributed by atoms with Crippen LogP contribution >= 0.6 is 11.3 Å². The lowest BCUT2D eigenvalue weighted by Crippen LogP contribution is -2.43. The van der Waals surface area contributed by atoms with Gasteiger partial charge in [-0.3, -0.25) is 9.88 Å². The number of nitrogens with zero attached hydrogens (tertiary/aromatic N) is 3. The predicted octanol–water partition coefficient (Wildman–Crippen LogP) is 3.12. The Kier molecular flexibility index (Phi) is 5.82. The van der Waals surface area contributed by atoms with E-state index in [4.69, 9.17) is 0 Å². The number of rotatable bonds is 4. The molecule has 1 atom stereocenters. The van der Waals surface area contributed by atoms with Gasteiger partial charge in [-0.25, -0.2) is 4.79 Å². The summed E-state index contributed by atoms with van der Waals surface area (Å²) in [6.07, 6.45) is 2.77. The van der Waals surface area contributed by atoms with Crippen molar-refractivity contribution in [1.82, 2.24) is 20.1 Å². The molecular weight excluding hydrogens is 320 g/mol. The molecule has 5 nitrogen and oxygen atoms in total. The number of carbonyl (C=O) groups excluding carboxylic acids is 1. The molecule has 0 saturated carbocycles. The third-order valence-corrected chi connectivity index (χ3v) is 5.17. The molecule has 0 aliphatic carbocycles. The van der Waals surface area contributed by atoms with Crippen molar-refractivity contribution in [2.24, 2.45) is 0 Å². The molecular formula is C18H24N4OS. The van der Waals surface area contributed by atoms with Gasteiger partial charge < -0.3 is 10.2 Å². The summed E-state index contributed by atoms with van der Waals surface area (Å²) in [5, 5.41) is 5.18. The minimum absolute atomic E-state index is 0.00567. The standard InChI is InChI=1S/C18H24N4OS/c1-15(17-7-2-3-8-19-17)20-18(23)22-10-5-9-21(11-12-22)14-16-6-4-13-24-16/h2-4,6-8,13,15H,5,9-12,14H2,1H3,(H,20,23)/t15-/m0/s1. The van der Waals surface area contributed by atoms with Gasteiger partial charge in [-0.1, -0.05) is 12.1 Å². The predicted molar refractivity (Wildman–Crippen MR) is 97.0 cm³/mol. The maximum Gasteiger partial charge on any atom is 0.317 e. The lowest BCUT2D eigenvalue weighted by molar-refractivity contribution is 0.194. The minimum atomic E-state index is -0.0795. The first kappa shape index (κ1) is 16.9. The van der Waals surface area contributed by atoms with Crippen molar-refractivity contribution in [3.63, 3.8) is 0 Å². The lowest BCUT2D eigenvalue weighted by atomic mass is 10.2. The summed E-state index contributed by atoms with van der Waals surface area (Å²) in [5.74, 6) is 0. The van der Waals surface area contributed by atoms with Crippen LogP contribution in [0.25, 0.3) is 0 Å². The average Bonchev–Trinajstić information content (AvgIpc) is 2.99. The molecule has 6 heteroatoms. The van der Waals surface area contributed by atoms with Crippen LogP contribution in [0, 0.1) is 0 Å². The van der Waals surface area contributed by atoms with Gasteiger partial charge in [-0.2, -0.15) is 0 Å². The van der Waals surface area contributed by atoms with E-state index in [0.29, 0.717) is 0 Å². The molecule has 0 radical (unpaired) electrons. The monoisotopic (exact) mass is 344 g/mol. The largest absolute Gasteiger partial charge is 0.330 e. The summed E-state index contributed by atoms with van der Waals surface area (Å²) in [6, 6.07) is 9.96. The number of aromatic nitrogens is 1. The summed E-state index contributed by atoms with van der Waals surface area (Å²) in [7, 11) is 0. The van der Waals surface area contributed by atoms with Crippen LogP contribution in [0.3, 0.4) is 0 Å². The van der Waals surface area contributed by atoms with E-state index in [1.807, 2.05) is 30.0 Å². The van der Waals surface area contributed by atoms with Crippen molar-refractivity contribution in [2.45, 2.75) is 25.9 Å². The van der Waals surface area contributed by atoms with Crippen LogP contribution in [0.1, 0.15) is 30.0 Å². The molecule has 0 bridgehead atoms. The van der Waals surface area contributed by atoms with Gasteiger partial charge in [0.15, 0.2) is 0 Å². The van der Waals surface area contributed by atoms with Crippen LogP contribution in [0.4, 0.5) is 4.79 Å². The Morgan fingerprint density at radius 3 is 2.92 bits per heavy atom. The molecule has 0 spiro atoms. The molecule has 2 amide bonds. The summed E-state index contributed by atoms with van der Waals surface area (Å²) in [6.45, 7) is 6.49. The Balaban J connectivity index is 1.51. The summed E-state index contributed by atoms with van der Waals surface area (Å²) in [4.78, 5) is 22.6. The molecule has 0 unspecified atom stereocenters. The first-order chi connectivity index (χ1) is 11.7. The highest BCUT2D eigenvalue weighted by Crippen LogP contribution is 2.14. The van der Waals surface area contributed by atoms with Crippen molar-refractivity contribution in [3.05, 3.63) is 52.5 Å². The zero-order chi connectivity index (χ0) is 16.8. The van der Waals surface area contributed by atoms with E-state index < -0.39 is 0 Å². The molecule has 0 aromatic carbocycles. The molecule has 1 fully saturated rings. The molecule has 1 aliphatic heterocycles. The maximum absolute atomic E-state index is 12.5. The van der Waals surface area contributed by atoms with Crippen molar-refractivity contribution >= 4 is 17.4 Å². The molecule has 128 valence electrons. The number of pyridine rings is 1. The fourth-order valence-electron chi connectivity index (χ4n) is 2.94. The van der Waals surface area contributed by atoms with Crippen LogP contribution in [-0.4, -0.2) is 47.0 Å². The Morgan fingerprint density at radius 2 is 2.17 bits per heavy atom. The number of amides is 2. The van der Waals surface area contributed by atoms with Gasteiger partial charge in [0.05, 0.1) is 11.7 Å². The first-order valence-electron chi connectivity index (χ1n) is 8.43. The highest BCUT2D eigenvalue weighted by atomic mass is 32.1. The van der Waals surface area contributed by atoms with Crippen LogP contribution in [0.5, 0.6) is 0 Å². The molecule has 1 N–H and O–H groups in total. The summed E-state index contributed by atoms with van der Waals surface area (Å²) >= 11 is 1.80. The highest BCUT2D eigenvalue weighted by Gasteiger charge is 2.21. The fourth-order valence-corrected chi connectivity index (χ4v) is 3.68. The number of hydrogen-bond donors (Lipinski definition) is 1. The molecule has 2 aromatic heterocycles. The summed E-state index contributed by atoms with van der Waals surface area (Å²) < 4.78 is 0. The van der Waals surface area contributed by atoms with E-state index in [1.165, 1.54) is 4.88 Å². The summed E-state index contributed by atoms with van der Waals surface area (Å²) in [5.41, 5.74) is 0.889. The molecule has 3 rings (SSSR count). The van der Waals surface area contributed by atoms with Crippen LogP contribution in [0.2, 0.25) is 0 Å². The Labute approximate surface area is 147 Å². The van der Waals surface area contributed by atoms with Crippen molar-refractivity contribution < 1.29 is 4.79 Å². The highest BCUT2D eigenvalue weighted by molar-refractivity contribution is 7.09. The average molecular weight is 344 g/mol. The smallest absolute Gasteiger partial charge is 0.317 e. The van der Waals surface area contributed by atoms with Crippen LogP contribution < -0.4 is 5.32 Å². The number of hydrogen-bond acceptors (Lipinski definition) is 4. The topological polar surface area (TPSA) is 48.5 Å². The molecule has 1 saturated heterocycles. The second-order valence-corrected chi connectivity index (χ2v) is 7.15. The van der Waals surface area contributed by atoms with Crippen molar-refractivity contribution in [2.75, 3.05) is 26.2 Å². The number of nitrogens with one attached hydrogen (secondary N) is 1. The van der Waals surface area contributed by atoms with Crippen LogP contribution in [0.15, 0.2) is 41.9 Å². The van der Waals surface area contributed by atoms with Crippen molar-refractivity contribution in [3.8, 4) is 0 Å². The van der Waals surface area contributed by atoms with Gasteiger partial charge in [-0.05, 0) is 36.9 Å². The number of thiophene rings is 1.